The predicted octanol–water partition coefficient (Wildman–Crippen LogP) is -3.47. The number of aliphatic hydroxyl groups excluding tert-OH is 6. The smallest absolute Gasteiger partial charge is 0.266 e. The van der Waals surface area contributed by atoms with Crippen molar-refractivity contribution in [3.05, 3.63) is 29.8 Å². The molecule has 0 aliphatic carbocycles. The molecule has 11 heteroatoms. The third-order valence-electron chi connectivity index (χ3n) is 3.16. The zero-order valence-corrected chi connectivity index (χ0v) is 13.2. The second-order valence-electron chi connectivity index (χ2n) is 4.91. The zero-order chi connectivity index (χ0) is 18.5. The molecule has 0 fully saturated rings. The van der Waals surface area contributed by atoms with Gasteiger partial charge in [-0.2, -0.15) is 0 Å². The van der Waals surface area contributed by atoms with E-state index in [0.29, 0.717) is 0 Å². The molecule has 1 aliphatic rings. The fourth-order valence-corrected chi connectivity index (χ4v) is 2.96. The maximum Gasteiger partial charge on any atom is 0.266 e. The van der Waals surface area contributed by atoms with Crippen LogP contribution in [0.3, 0.4) is 0 Å². The Morgan fingerprint density at radius 3 is 1.79 bits per heavy atom. The number of nitrogens with one attached hydrogen (secondary N) is 1. The van der Waals surface area contributed by atoms with Crippen molar-refractivity contribution in [3.63, 3.8) is 0 Å². The number of hydrogen-bond acceptors (Lipinski definition) is 9. The van der Waals surface area contributed by atoms with E-state index in [-0.39, 0.29) is 10.5 Å². The van der Waals surface area contributed by atoms with Crippen LogP contribution >= 0.6 is 0 Å². The standard InChI is InChI=1S/C7H5NO3S.C6H14O6/c9-7-5-3-1-2-4-6(5)12(10,11)8-7;7-1-3(9)5(11)6(12)4(10)2-8/h1-4H,(H,8,9);3-12H,1-2H2/t;3-,4+,5-,6-/m.1/s1. The van der Waals surface area contributed by atoms with Crippen LogP contribution in [0.15, 0.2) is 29.2 Å². The minimum absolute atomic E-state index is 0.0648. The Kier molecular flexibility index (Phi) is 7.23. The first-order valence-electron chi connectivity index (χ1n) is 6.75. The monoisotopic (exact) mass is 365 g/mol. The molecule has 1 aromatic carbocycles. The first-order valence-corrected chi connectivity index (χ1v) is 8.24. The van der Waals surface area contributed by atoms with E-state index in [9.17, 15) is 13.2 Å². The number of fused-ring (bicyclic) bond motifs is 1. The Bertz CT molecular complexity index is 649. The van der Waals surface area contributed by atoms with Gasteiger partial charge >= 0.3 is 0 Å². The second kappa shape index (κ2) is 8.48. The average molecular weight is 365 g/mol. The second-order valence-corrected chi connectivity index (χ2v) is 6.56. The number of carbonyl (C=O) groups excluding carboxylic acids is 1. The zero-order valence-electron chi connectivity index (χ0n) is 12.3. The summed E-state index contributed by atoms with van der Waals surface area (Å²) in [6, 6.07) is 6.09. The van der Waals surface area contributed by atoms with Crippen molar-refractivity contribution in [1.82, 2.24) is 4.72 Å². The molecular formula is C13H19NO9S. The van der Waals surface area contributed by atoms with E-state index < -0.39 is 53.6 Å². The van der Waals surface area contributed by atoms with Gasteiger partial charge in [0, 0.05) is 0 Å². The summed E-state index contributed by atoms with van der Waals surface area (Å²) in [6.45, 7) is -1.45. The number of rotatable bonds is 5. The Hall–Kier alpha value is -1.60. The number of amides is 1. The van der Waals surface area contributed by atoms with Gasteiger partial charge in [-0.25, -0.2) is 13.1 Å². The van der Waals surface area contributed by atoms with Gasteiger partial charge in [-0.3, -0.25) is 4.79 Å². The summed E-state index contributed by atoms with van der Waals surface area (Å²) in [6.07, 6.45) is -6.39. The van der Waals surface area contributed by atoms with Crippen molar-refractivity contribution < 1.29 is 43.9 Å². The van der Waals surface area contributed by atoms with Gasteiger partial charge < -0.3 is 30.6 Å². The van der Waals surface area contributed by atoms with Crippen LogP contribution in [0.2, 0.25) is 0 Å². The molecule has 1 aromatic rings. The molecule has 4 atom stereocenters. The Morgan fingerprint density at radius 2 is 1.38 bits per heavy atom. The van der Waals surface area contributed by atoms with Gasteiger partial charge in [0.2, 0.25) is 0 Å². The summed E-state index contributed by atoms with van der Waals surface area (Å²) in [5, 5.41) is 52.2. The van der Waals surface area contributed by atoms with Crippen molar-refractivity contribution in [2.75, 3.05) is 13.2 Å². The summed E-state index contributed by atoms with van der Waals surface area (Å²) in [5.41, 5.74) is 0.220. The molecule has 24 heavy (non-hydrogen) atoms. The number of hydrogen-bond donors (Lipinski definition) is 7. The first kappa shape index (κ1) is 20.4. The Labute approximate surface area is 137 Å². The van der Waals surface area contributed by atoms with Gasteiger partial charge in [0.15, 0.2) is 0 Å². The highest BCUT2D eigenvalue weighted by molar-refractivity contribution is 7.90. The van der Waals surface area contributed by atoms with Gasteiger partial charge in [0.05, 0.1) is 18.8 Å². The minimum atomic E-state index is -3.55. The molecule has 0 aromatic heterocycles. The minimum Gasteiger partial charge on any atom is -0.394 e. The van der Waals surface area contributed by atoms with E-state index in [1.807, 2.05) is 4.72 Å². The fraction of sp³-hybridized carbons (Fsp3) is 0.462. The lowest BCUT2D eigenvalue weighted by Crippen LogP contribution is -2.46. The maximum absolute atomic E-state index is 11.1. The summed E-state index contributed by atoms with van der Waals surface area (Å²) in [5.74, 6) is -0.550. The summed E-state index contributed by atoms with van der Waals surface area (Å²) < 4.78 is 24.2. The summed E-state index contributed by atoms with van der Waals surface area (Å²) in [4.78, 5) is 11.1. The van der Waals surface area contributed by atoms with Crippen LogP contribution in [0.4, 0.5) is 0 Å². The number of sulfonamides is 1. The average Bonchev–Trinajstić information content (AvgIpc) is 2.82. The highest BCUT2D eigenvalue weighted by atomic mass is 32.2. The molecule has 136 valence electrons. The van der Waals surface area contributed by atoms with E-state index >= 15 is 0 Å². The van der Waals surface area contributed by atoms with Crippen molar-refractivity contribution in [1.29, 1.82) is 0 Å². The molecule has 7 N–H and O–H groups in total. The molecule has 1 amide bonds. The maximum atomic E-state index is 11.1. The molecule has 1 aliphatic heterocycles. The van der Waals surface area contributed by atoms with E-state index in [1.165, 1.54) is 12.1 Å². The van der Waals surface area contributed by atoms with Crippen molar-refractivity contribution in [2.45, 2.75) is 29.3 Å². The normalized spacial score (nSPS) is 20.0. The molecule has 0 saturated carbocycles. The van der Waals surface area contributed by atoms with Gasteiger partial charge in [-0.15, -0.1) is 0 Å². The van der Waals surface area contributed by atoms with E-state index in [0.717, 1.165) is 0 Å². The molecule has 0 radical (unpaired) electrons. The van der Waals surface area contributed by atoms with Crippen LogP contribution in [0.25, 0.3) is 0 Å². The van der Waals surface area contributed by atoms with Crippen molar-refractivity contribution >= 4 is 15.9 Å². The van der Waals surface area contributed by atoms with Crippen molar-refractivity contribution in [3.8, 4) is 0 Å². The quantitative estimate of drug-likeness (QED) is 0.278. The Morgan fingerprint density at radius 1 is 0.917 bits per heavy atom. The Balaban J connectivity index is 0.000000240. The van der Waals surface area contributed by atoms with Crippen molar-refractivity contribution in [2.24, 2.45) is 0 Å². The summed E-state index contributed by atoms with van der Waals surface area (Å²) >= 11 is 0. The molecule has 2 rings (SSSR count). The topological polar surface area (TPSA) is 185 Å². The van der Waals surface area contributed by atoms with Gasteiger partial charge in [-0.1, -0.05) is 12.1 Å². The summed E-state index contributed by atoms with van der Waals surface area (Å²) in [7, 11) is -3.55. The highest BCUT2D eigenvalue weighted by Gasteiger charge is 2.31. The molecule has 0 bridgehead atoms. The number of benzene rings is 1. The van der Waals surface area contributed by atoms with Gasteiger partial charge in [0.25, 0.3) is 15.9 Å². The SMILES string of the molecule is O=C1NS(=O)(=O)c2ccccc21.OC[C@@H](O)[C@@H](O)[C@H](O)[C@@H](O)CO. The van der Waals surface area contributed by atoms with Crippen LogP contribution in [0.1, 0.15) is 10.4 Å². The molecule has 0 saturated heterocycles. The van der Waals surface area contributed by atoms with E-state index in [1.54, 1.807) is 12.1 Å². The third-order valence-corrected chi connectivity index (χ3v) is 4.55. The highest BCUT2D eigenvalue weighted by Crippen LogP contribution is 2.20. The van der Waals surface area contributed by atoms with Crippen LogP contribution in [0.5, 0.6) is 0 Å². The fourth-order valence-electron chi connectivity index (χ4n) is 1.79. The largest absolute Gasteiger partial charge is 0.394 e. The van der Waals surface area contributed by atoms with E-state index in [4.69, 9.17) is 30.6 Å². The molecule has 1 heterocycles. The van der Waals surface area contributed by atoms with Crippen LogP contribution in [-0.4, -0.2) is 82.6 Å². The van der Waals surface area contributed by atoms with E-state index in [2.05, 4.69) is 0 Å². The first-order chi connectivity index (χ1) is 11.2. The number of aliphatic hydroxyl groups is 6. The lowest BCUT2D eigenvalue weighted by Gasteiger charge is -2.24. The van der Waals surface area contributed by atoms with Crippen LogP contribution < -0.4 is 4.72 Å². The van der Waals surface area contributed by atoms with Gasteiger partial charge in [0.1, 0.15) is 29.3 Å². The molecule has 0 spiro atoms. The lowest BCUT2D eigenvalue weighted by atomic mass is 10.0. The van der Waals surface area contributed by atoms with Crippen LogP contribution in [0, 0.1) is 0 Å². The molecule has 0 unspecified atom stereocenters. The predicted molar refractivity (Wildman–Crippen MR) is 79.3 cm³/mol. The lowest BCUT2D eigenvalue weighted by molar-refractivity contribution is -0.123. The molecular weight excluding hydrogens is 346 g/mol. The third kappa shape index (κ3) is 4.70. The van der Waals surface area contributed by atoms with Crippen LogP contribution in [-0.2, 0) is 10.0 Å². The molecule has 10 nitrogen and oxygen atoms in total. The van der Waals surface area contributed by atoms with Gasteiger partial charge in [-0.05, 0) is 12.1 Å². The number of carbonyl (C=O) groups is 1.